The minimum Gasteiger partial charge on any atom is -0.781 e. The molecule has 0 amide bonds. The predicted octanol–water partition coefficient (Wildman–Crippen LogP) is 2.39. The molecule has 0 nitrogen and oxygen atoms in total. The average Bonchev–Trinajstić information content (AvgIpc) is 1.77. The van der Waals surface area contributed by atoms with Crippen LogP contribution in [0.3, 0.4) is 0 Å². The molecule has 0 atom stereocenters. The molecule has 0 N–H and O–H groups in total. The van der Waals surface area contributed by atoms with Crippen molar-refractivity contribution >= 4 is 49.2 Å². The van der Waals surface area contributed by atoms with E-state index in [1.807, 2.05) is 24.3 Å². The molecule has 0 fully saturated rings. The summed E-state index contributed by atoms with van der Waals surface area (Å²) in [5.74, 6) is 0. The summed E-state index contributed by atoms with van der Waals surface area (Å²) in [6.45, 7) is 0. The van der Waals surface area contributed by atoms with E-state index in [1.54, 1.807) is 0 Å². The largest absolute Gasteiger partial charge is 2.00 e. The molecule has 0 aliphatic carbocycles. The third-order valence-corrected chi connectivity index (χ3v) is 1.69. The zero-order valence-electron chi connectivity index (χ0n) is 4.63. The Balaban J connectivity index is -0.000000213. The van der Waals surface area contributed by atoms with Crippen molar-refractivity contribution in [3.63, 3.8) is 0 Å². The van der Waals surface area contributed by atoms with Crippen LogP contribution in [0.2, 0.25) is 0 Å². The molecule has 0 saturated heterocycles. The monoisotopic (exact) mass is 292 g/mol. The molecule has 1 aromatic carbocycles. The molecular formula is C8H12S2Sn. The van der Waals surface area contributed by atoms with Crippen molar-refractivity contribution in [2.24, 2.45) is 0 Å². The van der Waals surface area contributed by atoms with Crippen LogP contribution in [-0.2, 0) is 25.3 Å². The smallest absolute Gasteiger partial charge is 0.781 e. The molecule has 2 radical (unpaired) electrons. The maximum absolute atomic E-state index is 4.85. The van der Waals surface area contributed by atoms with Gasteiger partial charge in [0.05, 0.1) is 0 Å². The van der Waals surface area contributed by atoms with Crippen molar-refractivity contribution in [3.05, 3.63) is 24.3 Å². The minimum atomic E-state index is 0. The van der Waals surface area contributed by atoms with Crippen LogP contribution in [0, 0.1) is 0 Å². The zero-order valence-corrected chi connectivity index (χ0v) is 9.11. The van der Waals surface area contributed by atoms with Gasteiger partial charge in [-0.05, 0) is 0 Å². The first-order chi connectivity index (χ1) is 3.80. The first kappa shape index (κ1) is 17.5. The van der Waals surface area contributed by atoms with Gasteiger partial charge in [-0.3, -0.25) is 0 Å². The van der Waals surface area contributed by atoms with Gasteiger partial charge >= 0.3 is 23.9 Å². The molecule has 1 rings (SSSR count). The van der Waals surface area contributed by atoms with Gasteiger partial charge in [0.25, 0.3) is 0 Å². The molecule has 0 heterocycles. The van der Waals surface area contributed by atoms with E-state index in [9.17, 15) is 0 Å². The Morgan fingerprint density at radius 3 is 1.27 bits per heavy atom. The van der Waals surface area contributed by atoms with E-state index in [0.717, 1.165) is 9.79 Å². The average molecular weight is 291 g/mol. The van der Waals surface area contributed by atoms with Crippen LogP contribution in [0.1, 0.15) is 14.9 Å². The van der Waals surface area contributed by atoms with Crippen molar-refractivity contribution in [1.82, 2.24) is 0 Å². The molecule has 60 valence electrons. The van der Waals surface area contributed by atoms with Gasteiger partial charge < -0.3 is 25.3 Å². The molecular weight excluding hydrogens is 279 g/mol. The van der Waals surface area contributed by atoms with Crippen molar-refractivity contribution in [3.8, 4) is 0 Å². The number of benzene rings is 1. The summed E-state index contributed by atoms with van der Waals surface area (Å²) < 4.78 is 0. The summed E-state index contributed by atoms with van der Waals surface area (Å²) in [5.41, 5.74) is 0. The zero-order chi connectivity index (χ0) is 5.98. The Morgan fingerprint density at radius 1 is 0.818 bits per heavy atom. The first-order valence-corrected chi connectivity index (χ1v) is 3.05. The third kappa shape index (κ3) is 5.70. The van der Waals surface area contributed by atoms with Crippen LogP contribution in [0.5, 0.6) is 0 Å². The Bertz CT molecular complexity index is 168. The molecule has 3 heteroatoms. The molecule has 1 aromatic rings. The van der Waals surface area contributed by atoms with E-state index >= 15 is 0 Å². The fourth-order valence-electron chi connectivity index (χ4n) is 0.450. The van der Waals surface area contributed by atoms with E-state index in [2.05, 4.69) is 0 Å². The van der Waals surface area contributed by atoms with Crippen molar-refractivity contribution < 1.29 is 0 Å². The minimum absolute atomic E-state index is 0. The normalized spacial score (nSPS) is 6.55. The van der Waals surface area contributed by atoms with Gasteiger partial charge in [0.15, 0.2) is 0 Å². The number of hydrogen-bond acceptors (Lipinski definition) is 2. The van der Waals surface area contributed by atoms with E-state index in [1.165, 1.54) is 0 Å². The van der Waals surface area contributed by atoms with Crippen molar-refractivity contribution in [1.29, 1.82) is 0 Å². The summed E-state index contributed by atoms with van der Waals surface area (Å²) in [6, 6.07) is 7.44. The van der Waals surface area contributed by atoms with Crippen molar-refractivity contribution in [2.75, 3.05) is 0 Å². The standard InChI is InChI=1S/C6H6S2.2CH4.Sn/c7-5-3-1-2-4-6(5)8;;;/h1-4,7-8H;2*1H4;/q;;;+2/p-2. The van der Waals surface area contributed by atoms with E-state index in [-0.39, 0.29) is 38.8 Å². The Hall–Kier alpha value is 0.459. The summed E-state index contributed by atoms with van der Waals surface area (Å²) in [5, 5.41) is 0. The summed E-state index contributed by atoms with van der Waals surface area (Å²) in [6.07, 6.45) is 0. The van der Waals surface area contributed by atoms with Crippen LogP contribution >= 0.6 is 0 Å². The molecule has 11 heavy (non-hydrogen) atoms. The molecule has 0 bridgehead atoms. The molecule has 0 aliphatic rings. The fourth-order valence-corrected chi connectivity index (χ4v) is 0.743. The third-order valence-electron chi connectivity index (χ3n) is 0.849. The van der Waals surface area contributed by atoms with Crippen LogP contribution in [-0.4, -0.2) is 23.9 Å². The van der Waals surface area contributed by atoms with Crippen LogP contribution in [0.4, 0.5) is 0 Å². The van der Waals surface area contributed by atoms with Gasteiger partial charge in [-0.1, -0.05) is 39.1 Å². The Labute approximate surface area is 97.6 Å². The molecule has 0 aliphatic heterocycles. The molecule has 0 spiro atoms. The molecule has 0 saturated carbocycles. The summed E-state index contributed by atoms with van der Waals surface area (Å²) in [7, 11) is 0. The van der Waals surface area contributed by atoms with E-state index in [4.69, 9.17) is 25.3 Å². The van der Waals surface area contributed by atoms with Gasteiger partial charge in [0.2, 0.25) is 0 Å². The van der Waals surface area contributed by atoms with Crippen LogP contribution in [0.25, 0.3) is 0 Å². The second kappa shape index (κ2) is 8.55. The van der Waals surface area contributed by atoms with E-state index in [0.29, 0.717) is 0 Å². The van der Waals surface area contributed by atoms with Gasteiger partial charge in [0, 0.05) is 0 Å². The van der Waals surface area contributed by atoms with Crippen LogP contribution in [0.15, 0.2) is 34.1 Å². The molecule has 0 unspecified atom stereocenters. The Morgan fingerprint density at radius 2 is 1.09 bits per heavy atom. The predicted molar refractivity (Wildman–Crippen MR) is 56.9 cm³/mol. The van der Waals surface area contributed by atoms with Gasteiger partial charge in [0.1, 0.15) is 0 Å². The maximum Gasteiger partial charge on any atom is 2.00 e. The molecule has 0 aromatic heterocycles. The Kier molecular flexibility index (Phi) is 13.6. The maximum atomic E-state index is 4.85. The topological polar surface area (TPSA) is 0 Å². The summed E-state index contributed by atoms with van der Waals surface area (Å²) in [4.78, 5) is 1.53. The van der Waals surface area contributed by atoms with E-state index < -0.39 is 0 Å². The number of hydrogen-bond donors (Lipinski definition) is 0. The second-order valence-electron chi connectivity index (χ2n) is 1.45. The first-order valence-electron chi connectivity index (χ1n) is 2.24. The van der Waals surface area contributed by atoms with Gasteiger partial charge in [-0.2, -0.15) is 9.79 Å². The van der Waals surface area contributed by atoms with Gasteiger partial charge in [-0.15, -0.1) is 0 Å². The second-order valence-corrected chi connectivity index (χ2v) is 2.33. The SMILES string of the molecule is C.C.[S-]c1ccccc1[S-].[Sn+2]. The van der Waals surface area contributed by atoms with Crippen LogP contribution < -0.4 is 0 Å². The number of rotatable bonds is 0. The summed E-state index contributed by atoms with van der Waals surface area (Å²) >= 11 is 9.70. The van der Waals surface area contributed by atoms with Gasteiger partial charge in [-0.25, -0.2) is 0 Å². The fraction of sp³-hybridized carbons (Fsp3) is 0.250. The quantitative estimate of drug-likeness (QED) is 0.532. The van der Waals surface area contributed by atoms with Crippen molar-refractivity contribution in [2.45, 2.75) is 24.6 Å².